The van der Waals surface area contributed by atoms with E-state index in [-0.39, 0.29) is 5.56 Å². The fourth-order valence-electron chi connectivity index (χ4n) is 1.84. The average molecular weight is 302 g/mol. The normalized spacial score (nSPS) is 16.9. The lowest BCUT2D eigenvalue weighted by Crippen LogP contribution is -2.62. The van der Waals surface area contributed by atoms with E-state index in [0.717, 1.165) is 0 Å². The number of hydrogen-bond acceptors (Lipinski definition) is 2. The van der Waals surface area contributed by atoms with Crippen LogP contribution in [0.3, 0.4) is 0 Å². The highest BCUT2D eigenvalue weighted by Crippen LogP contribution is 2.50. The molecule has 0 spiro atoms. The lowest BCUT2D eigenvalue weighted by molar-refractivity contribution is -0.389. The van der Waals surface area contributed by atoms with Crippen LogP contribution in [0.15, 0.2) is 30.3 Å². The van der Waals surface area contributed by atoms with E-state index >= 15 is 0 Å². The second-order valence-electron chi connectivity index (χ2n) is 4.41. The molecule has 20 heavy (non-hydrogen) atoms. The summed E-state index contributed by atoms with van der Waals surface area (Å²) in [7, 11) is 0. The maximum Gasteiger partial charge on any atom is 0.426 e. The molecule has 0 unspecified atom stereocenters. The summed E-state index contributed by atoms with van der Waals surface area (Å²) in [5.74, 6) is -2.52. The Morgan fingerprint density at radius 1 is 0.900 bits per heavy atom. The molecule has 2 nitrogen and oxygen atoms in total. The van der Waals surface area contributed by atoms with Crippen molar-refractivity contribution >= 4 is 0 Å². The SMILES string of the molecule is C[C@@H]([C@@H](O)c1ccccc1)C(O)(C(F)(F)F)C(F)(F)F. The molecule has 0 aliphatic heterocycles. The van der Waals surface area contributed by atoms with Crippen LogP contribution in [0, 0.1) is 5.92 Å². The number of aliphatic hydroxyl groups excluding tert-OH is 1. The highest BCUT2D eigenvalue weighted by atomic mass is 19.4. The monoisotopic (exact) mass is 302 g/mol. The molecule has 8 heteroatoms. The van der Waals surface area contributed by atoms with Gasteiger partial charge in [0.25, 0.3) is 5.60 Å². The molecule has 2 N–H and O–H groups in total. The predicted molar refractivity (Wildman–Crippen MR) is 57.6 cm³/mol. The van der Waals surface area contributed by atoms with Gasteiger partial charge in [-0.1, -0.05) is 37.3 Å². The van der Waals surface area contributed by atoms with Crippen molar-refractivity contribution in [2.45, 2.75) is 31.0 Å². The lowest BCUT2D eigenvalue weighted by Gasteiger charge is -2.39. The van der Waals surface area contributed by atoms with Gasteiger partial charge in [-0.15, -0.1) is 0 Å². The molecule has 114 valence electrons. The molecule has 0 aliphatic rings. The van der Waals surface area contributed by atoms with Crippen molar-refractivity contribution in [3.05, 3.63) is 35.9 Å². The molecular weight excluding hydrogens is 290 g/mol. The molecule has 0 fully saturated rings. The Hall–Kier alpha value is -1.28. The standard InChI is InChI=1S/C12H12F6O2/c1-7(9(19)8-5-3-2-4-6-8)10(20,11(13,14)15)12(16,17)18/h2-7,9,19-20H,1H3/t7-,9+/m0/s1. The second-order valence-corrected chi connectivity index (χ2v) is 4.41. The number of rotatable bonds is 3. The molecule has 0 aliphatic carbocycles. The Morgan fingerprint density at radius 3 is 1.65 bits per heavy atom. The molecular formula is C12H12F6O2. The molecule has 1 rings (SSSR count). The zero-order chi connectivity index (χ0) is 15.8. The molecule has 1 aromatic carbocycles. The van der Waals surface area contributed by atoms with Gasteiger partial charge in [-0.25, -0.2) is 0 Å². The van der Waals surface area contributed by atoms with Crippen LogP contribution in [0.25, 0.3) is 0 Å². The first-order chi connectivity index (χ1) is 8.93. The summed E-state index contributed by atoms with van der Waals surface area (Å²) in [6.45, 7) is 0.499. The van der Waals surface area contributed by atoms with Gasteiger partial charge in [0.05, 0.1) is 6.10 Å². The summed E-state index contributed by atoms with van der Waals surface area (Å²) in [6, 6.07) is 6.54. The summed E-state index contributed by atoms with van der Waals surface area (Å²) in [6.07, 6.45) is -14.0. The zero-order valence-corrected chi connectivity index (χ0v) is 10.2. The van der Waals surface area contributed by atoms with E-state index in [2.05, 4.69) is 0 Å². The van der Waals surface area contributed by atoms with Crippen molar-refractivity contribution in [1.29, 1.82) is 0 Å². The first-order valence-electron chi connectivity index (χ1n) is 5.51. The van der Waals surface area contributed by atoms with Gasteiger partial charge in [-0.2, -0.15) is 26.3 Å². The van der Waals surface area contributed by atoms with E-state index in [1.165, 1.54) is 30.3 Å². The van der Waals surface area contributed by atoms with Gasteiger partial charge < -0.3 is 10.2 Å². The number of hydrogen-bond donors (Lipinski definition) is 2. The fourth-order valence-corrected chi connectivity index (χ4v) is 1.84. The number of aliphatic hydroxyl groups is 2. The van der Waals surface area contributed by atoms with Crippen molar-refractivity contribution in [3.8, 4) is 0 Å². The van der Waals surface area contributed by atoms with Crippen LogP contribution in [0.2, 0.25) is 0 Å². The van der Waals surface area contributed by atoms with Gasteiger partial charge >= 0.3 is 12.4 Å². The molecule has 2 atom stereocenters. The number of alkyl halides is 6. The van der Waals surface area contributed by atoms with Gasteiger partial charge in [-0.3, -0.25) is 0 Å². The Morgan fingerprint density at radius 2 is 1.30 bits per heavy atom. The van der Waals surface area contributed by atoms with Gasteiger partial charge in [0.1, 0.15) is 0 Å². The molecule has 0 amide bonds. The highest BCUT2D eigenvalue weighted by Gasteiger charge is 2.73. The molecule has 0 radical (unpaired) electrons. The Bertz CT molecular complexity index is 426. The van der Waals surface area contributed by atoms with Crippen LogP contribution in [0.4, 0.5) is 26.3 Å². The third-order valence-electron chi connectivity index (χ3n) is 3.14. The summed E-state index contributed by atoms with van der Waals surface area (Å²) in [5, 5.41) is 18.9. The molecule has 1 aromatic rings. The van der Waals surface area contributed by atoms with E-state index in [4.69, 9.17) is 0 Å². The third-order valence-corrected chi connectivity index (χ3v) is 3.14. The van der Waals surface area contributed by atoms with Crippen molar-refractivity contribution in [2.75, 3.05) is 0 Å². The van der Waals surface area contributed by atoms with E-state index in [9.17, 15) is 36.6 Å². The fraction of sp³-hybridized carbons (Fsp3) is 0.500. The summed E-state index contributed by atoms with van der Waals surface area (Å²) in [5.41, 5.74) is -5.14. The molecule has 0 aromatic heterocycles. The van der Waals surface area contributed by atoms with Crippen LogP contribution >= 0.6 is 0 Å². The van der Waals surface area contributed by atoms with Gasteiger partial charge in [0.15, 0.2) is 0 Å². The van der Waals surface area contributed by atoms with E-state index in [1.807, 2.05) is 0 Å². The zero-order valence-electron chi connectivity index (χ0n) is 10.2. The van der Waals surface area contributed by atoms with E-state index in [0.29, 0.717) is 6.92 Å². The summed E-state index contributed by atoms with van der Waals surface area (Å²) < 4.78 is 75.9. The molecule has 0 saturated heterocycles. The topological polar surface area (TPSA) is 40.5 Å². The smallest absolute Gasteiger partial charge is 0.388 e. The summed E-state index contributed by atoms with van der Waals surface area (Å²) in [4.78, 5) is 0. The van der Waals surface area contributed by atoms with Crippen LogP contribution in [0.1, 0.15) is 18.6 Å². The Labute approximate surface area is 110 Å². The van der Waals surface area contributed by atoms with Gasteiger partial charge in [0.2, 0.25) is 0 Å². The first kappa shape index (κ1) is 16.8. The van der Waals surface area contributed by atoms with Crippen LogP contribution in [-0.4, -0.2) is 28.2 Å². The Kier molecular flexibility index (Phi) is 4.40. The molecule has 0 bridgehead atoms. The van der Waals surface area contributed by atoms with Crippen LogP contribution < -0.4 is 0 Å². The highest BCUT2D eigenvalue weighted by molar-refractivity contribution is 5.19. The maximum absolute atomic E-state index is 12.6. The minimum atomic E-state index is -5.96. The minimum absolute atomic E-state index is 0.146. The largest absolute Gasteiger partial charge is 0.426 e. The summed E-state index contributed by atoms with van der Waals surface area (Å²) >= 11 is 0. The third kappa shape index (κ3) is 2.76. The predicted octanol–water partition coefficient (Wildman–Crippen LogP) is 3.21. The van der Waals surface area contributed by atoms with Gasteiger partial charge in [-0.05, 0) is 5.56 Å². The van der Waals surface area contributed by atoms with Crippen molar-refractivity contribution in [3.63, 3.8) is 0 Å². The van der Waals surface area contributed by atoms with E-state index in [1.54, 1.807) is 0 Å². The van der Waals surface area contributed by atoms with Gasteiger partial charge in [0, 0.05) is 5.92 Å². The van der Waals surface area contributed by atoms with Crippen molar-refractivity contribution < 1.29 is 36.6 Å². The lowest BCUT2D eigenvalue weighted by atomic mass is 9.81. The second kappa shape index (κ2) is 5.25. The number of benzene rings is 1. The quantitative estimate of drug-likeness (QED) is 0.842. The minimum Gasteiger partial charge on any atom is -0.388 e. The van der Waals surface area contributed by atoms with E-state index < -0.39 is 30.0 Å². The molecule has 0 saturated carbocycles. The Balaban J connectivity index is 3.23. The van der Waals surface area contributed by atoms with Crippen LogP contribution in [-0.2, 0) is 0 Å². The van der Waals surface area contributed by atoms with Crippen molar-refractivity contribution in [2.24, 2.45) is 5.92 Å². The first-order valence-corrected chi connectivity index (χ1v) is 5.51. The number of halogens is 6. The molecule has 0 heterocycles. The van der Waals surface area contributed by atoms with Crippen molar-refractivity contribution in [1.82, 2.24) is 0 Å². The average Bonchev–Trinajstić information content (AvgIpc) is 2.34. The maximum atomic E-state index is 12.6. The van der Waals surface area contributed by atoms with Crippen LogP contribution in [0.5, 0.6) is 0 Å².